The van der Waals surface area contributed by atoms with Gasteiger partial charge in [0, 0.05) is 14.1 Å². The molecule has 1 amide bonds. The molecule has 0 radical (unpaired) electrons. The number of hydrogen-bond acceptors (Lipinski definition) is 6. The maximum Gasteiger partial charge on any atom is 0.277 e. The quantitative estimate of drug-likeness (QED) is 0.573. The molecule has 0 saturated heterocycles. The van der Waals surface area contributed by atoms with E-state index in [0.29, 0.717) is 23.5 Å². The van der Waals surface area contributed by atoms with E-state index in [2.05, 4.69) is 10.2 Å². The molecule has 0 spiro atoms. The molecular formula is C20H21N3O3S. The van der Waals surface area contributed by atoms with Gasteiger partial charge in [0.05, 0.1) is 12.2 Å². The van der Waals surface area contributed by atoms with Gasteiger partial charge in [0.25, 0.3) is 11.1 Å². The van der Waals surface area contributed by atoms with Crippen molar-refractivity contribution in [1.82, 2.24) is 15.1 Å². The molecule has 2 aromatic carbocycles. The fourth-order valence-electron chi connectivity index (χ4n) is 2.52. The summed E-state index contributed by atoms with van der Waals surface area (Å²) in [6.45, 7) is 2.46. The Morgan fingerprint density at radius 1 is 1.11 bits per heavy atom. The highest BCUT2D eigenvalue weighted by molar-refractivity contribution is 8.00. The molecule has 27 heavy (non-hydrogen) atoms. The first-order valence-corrected chi connectivity index (χ1v) is 9.46. The van der Waals surface area contributed by atoms with E-state index >= 15 is 0 Å². The Hall–Kier alpha value is -2.80. The van der Waals surface area contributed by atoms with Gasteiger partial charge in [-0.25, -0.2) is 0 Å². The zero-order valence-corrected chi connectivity index (χ0v) is 16.3. The van der Waals surface area contributed by atoms with E-state index in [1.54, 1.807) is 19.0 Å². The highest BCUT2D eigenvalue weighted by Gasteiger charge is 2.26. The van der Waals surface area contributed by atoms with Gasteiger partial charge in [0.15, 0.2) is 0 Å². The van der Waals surface area contributed by atoms with Gasteiger partial charge in [-0.1, -0.05) is 42.5 Å². The summed E-state index contributed by atoms with van der Waals surface area (Å²) < 4.78 is 11.5. The van der Waals surface area contributed by atoms with Crippen LogP contribution in [-0.2, 0) is 4.79 Å². The van der Waals surface area contributed by atoms with E-state index in [4.69, 9.17) is 9.15 Å². The Kier molecular flexibility index (Phi) is 6.13. The number of rotatable bonds is 7. The maximum atomic E-state index is 12.7. The van der Waals surface area contributed by atoms with Crippen LogP contribution in [0.4, 0.5) is 0 Å². The number of ether oxygens (including phenoxy) is 1. The molecule has 3 aromatic rings. The molecule has 3 rings (SSSR count). The monoisotopic (exact) mass is 383 g/mol. The average Bonchev–Trinajstić information content (AvgIpc) is 3.15. The number of hydrogen-bond donors (Lipinski definition) is 0. The first-order chi connectivity index (χ1) is 13.1. The number of nitrogens with zero attached hydrogens (tertiary/aromatic N) is 3. The molecule has 0 unspecified atom stereocenters. The summed E-state index contributed by atoms with van der Waals surface area (Å²) in [5.74, 6) is 1.01. The highest BCUT2D eigenvalue weighted by Crippen LogP contribution is 2.38. The topological polar surface area (TPSA) is 68.5 Å². The third-order valence-corrected chi connectivity index (χ3v) is 4.89. The number of likely N-dealkylation sites (N-methyl/N-ethyl adjacent to an activating group) is 1. The van der Waals surface area contributed by atoms with Crippen molar-refractivity contribution in [1.29, 1.82) is 0 Å². The highest BCUT2D eigenvalue weighted by atomic mass is 32.2. The molecular weight excluding hydrogens is 362 g/mol. The van der Waals surface area contributed by atoms with Gasteiger partial charge in [-0.3, -0.25) is 4.79 Å². The number of thioether (sulfide) groups is 1. The van der Waals surface area contributed by atoms with Crippen molar-refractivity contribution in [2.24, 2.45) is 0 Å². The van der Waals surface area contributed by atoms with Gasteiger partial charge in [0.2, 0.25) is 5.91 Å². The summed E-state index contributed by atoms with van der Waals surface area (Å²) in [7, 11) is 3.47. The Balaban J connectivity index is 1.88. The molecule has 1 atom stereocenters. The normalized spacial score (nSPS) is 11.8. The van der Waals surface area contributed by atoms with Gasteiger partial charge < -0.3 is 14.1 Å². The van der Waals surface area contributed by atoms with Crippen molar-refractivity contribution >= 4 is 17.7 Å². The molecule has 140 valence electrons. The standard InChI is InChI=1S/C20H21N3O3S/c1-4-25-16-13-9-8-12-15(16)18-21-22-20(26-18)27-17(19(24)23(2)3)14-10-6-5-7-11-14/h5-13,17H,4H2,1-3H3/t17-/m0/s1. The van der Waals surface area contributed by atoms with Crippen molar-refractivity contribution in [2.45, 2.75) is 17.4 Å². The summed E-state index contributed by atoms with van der Waals surface area (Å²) in [5, 5.41) is 8.13. The van der Waals surface area contributed by atoms with Crippen LogP contribution in [0.15, 0.2) is 64.2 Å². The van der Waals surface area contributed by atoms with Crippen LogP contribution in [0.25, 0.3) is 11.5 Å². The molecule has 0 bridgehead atoms. The van der Waals surface area contributed by atoms with Crippen LogP contribution in [-0.4, -0.2) is 41.7 Å². The number of carbonyl (C=O) groups excluding carboxylic acids is 1. The SMILES string of the molecule is CCOc1ccccc1-c1nnc(S[C@H](C(=O)N(C)C)c2ccccc2)o1. The molecule has 1 aromatic heterocycles. The summed E-state index contributed by atoms with van der Waals surface area (Å²) in [4.78, 5) is 14.2. The van der Waals surface area contributed by atoms with Gasteiger partial charge in [-0.2, -0.15) is 0 Å². The second-order valence-electron chi connectivity index (χ2n) is 5.94. The van der Waals surface area contributed by atoms with Crippen molar-refractivity contribution in [3.05, 3.63) is 60.2 Å². The molecule has 0 aliphatic carbocycles. The third kappa shape index (κ3) is 4.49. The number of carbonyl (C=O) groups is 1. The van der Waals surface area contributed by atoms with Crippen LogP contribution >= 0.6 is 11.8 Å². The zero-order chi connectivity index (χ0) is 19.2. The lowest BCUT2D eigenvalue weighted by Gasteiger charge is -2.18. The summed E-state index contributed by atoms with van der Waals surface area (Å²) in [5.41, 5.74) is 1.62. The van der Waals surface area contributed by atoms with Crippen LogP contribution in [0.2, 0.25) is 0 Å². The maximum absolute atomic E-state index is 12.7. The number of amides is 1. The molecule has 6 nitrogen and oxygen atoms in total. The van der Waals surface area contributed by atoms with Gasteiger partial charge >= 0.3 is 0 Å². The molecule has 0 saturated carbocycles. The molecule has 7 heteroatoms. The lowest BCUT2D eigenvalue weighted by molar-refractivity contribution is -0.128. The number of aromatic nitrogens is 2. The fourth-order valence-corrected chi connectivity index (χ4v) is 3.54. The predicted octanol–water partition coefficient (Wildman–Crippen LogP) is 4.06. The smallest absolute Gasteiger partial charge is 0.277 e. The average molecular weight is 383 g/mol. The summed E-state index contributed by atoms with van der Waals surface area (Å²) >= 11 is 1.24. The van der Waals surface area contributed by atoms with Crippen LogP contribution in [0.1, 0.15) is 17.7 Å². The Morgan fingerprint density at radius 3 is 2.52 bits per heavy atom. The second-order valence-corrected chi connectivity index (χ2v) is 7.00. The van der Waals surface area contributed by atoms with Gasteiger partial charge in [-0.15, -0.1) is 10.2 Å². The number of para-hydroxylation sites is 1. The Bertz CT molecular complexity index is 896. The van der Waals surface area contributed by atoms with E-state index in [1.807, 2.05) is 61.5 Å². The van der Waals surface area contributed by atoms with E-state index in [-0.39, 0.29) is 5.91 Å². The third-order valence-electron chi connectivity index (χ3n) is 3.81. The minimum absolute atomic E-state index is 0.0410. The Labute approximate surface area is 162 Å². The minimum atomic E-state index is -0.461. The summed E-state index contributed by atoms with van der Waals surface area (Å²) in [6.07, 6.45) is 0. The van der Waals surface area contributed by atoms with Crippen molar-refractivity contribution in [2.75, 3.05) is 20.7 Å². The lowest BCUT2D eigenvalue weighted by Crippen LogP contribution is -2.26. The van der Waals surface area contributed by atoms with Crippen LogP contribution in [0.5, 0.6) is 5.75 Å². The van der Waals surface area contributed by atoms with Crippen LogP contribution < -0.4 is 4.74 Å². The Morgan fingerprint density at radius 2 is 1.81 bits per heavy atom. The van der Waals surface area contributed by atoms with Gasteiger partial charge in [-0.05, 0) is 36.4 Å². The number of benzene rings is 2. The molecule has 0 fully saturated rings. The molecule has 0 N–H and O–H groups in total. The summed E-state index contributed by atoms with van der Waals surface area (Å²) in [6, 6.07) is 17.1. The first-order valence-electron chi connectivity index (χ1n) is 8.58. The van der Waals surface area contributed by atoms with Crippen LogP contribution in [0.3, 0.4) is 0 Å². The molecule has 0 aliphatic rings. The second kappa shape index (κ2) is 8.73. The first kappa shape index (κ1) is 19.0. The van der Waals surface area contributed by atoms with Crippen molar-refractivity contribution in [3.63, 3.8) is 0 Å². The molecule has 1 heterocycles. The fraction of sp³-hybridized carbons (Fsp3) is 0.250. The van der Waals surface area contributed by atoms with E-state index in [9.17, 15) is 4.79 Å². The van der Waals surface area contributed by atoms with Crippen molar-refractivity contribution < 1.29 is 13.9 Å². The van der Waals surface area contributed by atoms with Gasteiger partial charge in [0.1, 0.15) is 11.0 Å². The zero-order valence-electron chi connectivity index (χ0n) is 15.5. The lowest BCUT2D eigenvalue weighted by atomic mass is 10.1. The predicted molar refractivity (Wildman–Crippen MR) is 105 cm³/mol. The van der Waals surface area contributed by atoms with E-state index in [1.165, 1.54) is 11.8 Å². The van der Waals surface area contributed by atoms with Crippen LogP contribution in [0, 0.1) is 0 Å². The molecule has 0 aliphatic heterocycles. The van der Waals surface area contributed by atoms with Crippen molar-refractivity contribution in [3.8, 4) is 17.2 Å². The van der Waals surface area contributed by atoms with E-state index in [0.717, 1.165) is 11.1 Å². The minimum Gasteiger partial charge on any atom is -0.493 e. The van der Waals surface area contributed by atoms with E-state index < -0.39 is 5.25 Å². The largest absolute Gasteiger partial charge is 0.493 e.